The first-order valence-corrected chi connectivity index (χ1v) is 5.67. The van der Waals surface area contributed by atoms with E-state index in [0.717, 1.165) is 30.7 Å². The maximum absolute atomic E-state index is 12.9. The van der Waals surface area contributed by atoms with Crippen LogP contribution in [-0.2, 0) is 0 Å². The van der Waals surface area contributed by atoms with Crippen LogP contribution in [0, 0.1) is 5.92 Å². The third-order valence-electron chi connectivity index (χ3n) is 3.25. The highest BCUT2D eigenvalue weighted by Gasteiger charge is 2.32. The Labute approximate surface area is 89.3 Å². The van der Waals surface area contributed by atoms with E-state index in [1.165, 1.54) is 0 Å². The fraction of sp³-hybridized carbons (Fsp3) is 0.750. The predicted molar refractivity (Wildman–Crippen MR) is 57.6 cm³/mol. The summed E-state index contributed by atoms with van der Waals surface area (Å²) in [6.07, 6.45) is 4.20. The zero-order chi connectivity index (χ0) is 10.9. The van der Waals surface area contributed by atoms with Gasteiger partial charge in [0.1, 0.15) is 0 Å². The zero-order valence-electron chi connectivity index (χ0n) is 9.10. The van der Waals surface area contributed by atoms with Crippen molar-refractivity contribution in [1.82, 2.24) is 0 Å². The molecule has 0 aromatic carbocycles. The van der Waals surface area contributed by atoms with Gasteiger partial charge in [-0.25, -0.2) is 8.78 Å². The maximum atomic E-state index is 12.9. The van der Waals surface area contributed by atoms with Crippen molar-refractivity contribution in [3.63, 3.8) is 0 Å². The van der Waals surface area contributed by atoms with Crippen LogP contribution in [0.25, 0.3) is 0 Å². The van der Waals surface area contributed by atoms with Crippen LogP contribution in [-0.4, -0.2) is 18.2 Å². The Kier molecular flexibility index (Phi) is 2.89. The number of allylic oxidation sites excluding steroid dienone is 2. The maximum Gasteiger partial charge on any atom is 0.251 e. The number of halogens is 2. The van der Waals surface area contributed by atoms with Gasteiger partial charge in [-0.15, -0.1) is 0 Å². The highest BCUT2D eigenvalue weighted by Crippen LogP contribution is 2.34. The van der Waals surface area contributed by atoms with E-state index < -0.39 is 5.92 Å². The first-order valence-electron chi connectivity index (χ1n) is 5.67. The van der Waals surface area contributed by atoms with Crippen molar-refractivity contribution in [1.29, 1.82) is 0 Å². The number of rotatable bonds is 1. The number of nitrogens with zero attached hydrogens (tertiary/aromatic N) is 1. The van der Waals surface area contributed by atoms with Gasteiger partial charge in [-0.05, 0) is 30.8 Å². The summed E-state index contributed by atoms with van der Waals surface area (Å²) in [7, 11) is 0. The van der Waals surface area contributed by atoms with E-state index in [2.05, 4.69) is 11.9 Å². The van der Waals surface area contributed by atoms with Crippen LogP contribution in [0.3, 0.4) is 0 Å². The quantitative estimate of drug-likeness (QED) is 0.631. The molecule has 1 aliphatic carbocycles. The van der Waals surface area contributed by atoms with Crippen LogP contribution < -0.4 is 0 Å². The predicted octanol–water partition coefficient (Wildman–Crippen LogP) is 3.60. The van der Waals surface area contributed by atoms with Crippen molar-refractivity contribution < 1.29 is 8.78 Å². The van der Waals surface area contributed by atoms with Crippen LogP contribution >= 0.6 is 0 Å². The molecule has 0 aromatic heterocycles. The summed E-state index contributed by atoms with van der Waals surface area (Å²) in [5, 5.41) is 0. The summed E-state index contributed by atoms with van der Waals surface area (Å²) in [5.74, 6) is -1.83. The van der Waals surface area contributed by atoms with Gasteiger partial charge in [-0.1, -0.05) is 13.0 Å². The van der Waals surface area contributed by atoms with Gasteiger partial charge in [0.15, 0.2) is 0 Å². The van der Waals surface area contributed by atoms with Gasteiger partial charge >= 0.3 is 0 Å². The lowest BCUT2D eigenvalue weighted by Crippen LogP contribution is -2.23. The molecule has 0 saturated heterocycles. The van der Waals surface area contributed by atoms with Crippen molar-refractivity contribution >= 4 is 5.71 Å². The minimum atomic E-state index is -2.48. The third-order valence-corrected chi connectivity index (χ3v) is 3.25. The molecule has 0 bridgehead atoms. The van der Waals surface area contributed by atoms with E-state index in [9.17, 15) is 8.78 Å². The molecular weight excluding hydrogens is 196 g/mol. The van der Waals surface area contributed by atoms with E-state index in [1.54, 1.807) is 6.08 Å². The van der Waals surface area contributed by atoms with E-state index in [4.69, 9.17) is 0 Å². The summed E-state index contributed by atoms with van der Waals surface area (Å²) in [6.45, 7) is 3.05. The Bertz CT molecular complexity index is 305. The Hall–Kier alpha value is -0.730. The molecule has 0 N–H and O–H groups in total. The summed E-state index contributed by atoms with van der Waals surface area (Å²) >= 11 is 0. The number of aliphatic imine (C=N–C) groups is 1. The lowest BCUT2D eigenvalue weighted by atomic mass is 9.88. The summed E-state index contributed by atoms with van der Waals surface area (Å²) in [5.41, 5.74) is 2.16. The molecule has 2 rings (SSSR count). The molecule has 15 heavy (non-hydrogen) atoms. The summed E-state index contributed by atoms with van der Waals surface area (Å²) in [4.78, 5) is 4.49. The van der Waals surface area contributed by atoms with Crippen LogP contribution in [0.1, 0.15) is 39.0 Å². The lowest BCUT2D eigenvalue weighted by Gasteiger charge is -2.25. The van der Waals surface area contributed by atoms with Gasteiger partial charge in [0, 0.05) is 25.1 Å². The molecule has 0 fully saturated rings. The largest absolute Gasteiger partial charge is 0.289 e. The Morgan fingerprint density at radius 2 is 2.20 bits per heavy atom. The highest BCUT2D eigenvalue weighted by atomic mass is 19.3. The molecule has 1 aliphatic heterocycles. The van der Waals surface area contributed by atoms with Gasteiger partial charge in [0.2, 0.25) is 0 Å². The molecule has 1 atom stereocenters. The van der Waals surface area contributed by atoms with Gasteiger partial charge in [0.05, 0.1) is 0 Å². The Morgan fingerprint density at radius 1 is 1.40 bits per heavy atom. The fourth-order valence-electron chi connectivity index (χ4n) is 2.14. The monoisotopic (exact) mass is 213 g/mol. The second-order valence-corrected chi connectivity index (χ2v) is 4.72. The van der Waals surface area contributed by atoms with Gasteiger partial charge in [0.25, 0.3) is 5.92 Å². The minimum Gasteiger partial charge on any atom is -0.289 e. The van der Waals surface area contributed by atoms with E-state index >= 15 is 0 Å². The standard InChI is InChI=1S/C12H17F2N/c1-9-2-3-11(15-8-9)10-4-6-12(13,14)7-5-10/h4,9H,2-3,5-8H2,1H3/t9-/m0/s1. The van der Waals surface area contributed by atoms with Crippen molar-refractivity contribution in [3.05, 3.63) is 11.6 Å². The molecular formula is C12H17F2N. The van der Waals surface area contributed by atoms with E-state index in [0.29, 0.717) is 12.3 Å². The van der Waals surface area contributed by atoms with E-state index in [1.807, 2.05) is 0 Å². The normalized spacial score (nSPS) is 30.7. The Morgan fingerprint density at radius 3 is 2.73 bits per heavy atom. The summed E-state index contributed by atoms with van der Waals surface area (Å²) < 4.78 is 25.8. The molecule has 0 unspecified atom stereocenters. The molecule has 0 spiro atoms. The summed E-state index contributed by atoms with van der Waals surface area (Å²) in [6, 6.07) is 0. The van der Waals surface area contributed by atoms with Crippen molar-refractivity contribution in [2.24, 2.45) is 10.9 Å². The molecule has 0 saturated carbocycles. The van der Waals surface area contributed by atoms with Crippen molar-refractivity contribution in [2.75, 3.05) is 6.54 Å². The number of hydrogen-bond donors (Lipinski definition) is 0. The number of alkyl halides is 2. The van der Waals surface area contributed by atoms with E-state index in [-0.39, 0.29) is 12.8 Å². The average molecular weight is 213 g/mol. The number of hydrogen-bond acceptors (Lipinski definition) is 1. The van der Waals surface area contributed by atoms with Crippen molar-refractivity contribution in [2.45, 2.75) is 45.0 Å². The van der Waals surface area contributed by atoms with Crippen LogP contribution in [0.15, 0.2) is 16.6 Å². The zero-order valence-corrected chi connectivity index (χ0v) is 9.10. The van der Waals surface area contributed by atoms with Crippen LogP contribution in [0.5, 0.6) is 0 Å². The van der Waals surface area contributed by atoms with Crippen LogP contribution in [0.4, 0.5) is 8.78 Å². The highest BCUT2D eigenvalue weighted by molar-refractivity contribution is 6.00. The molecule has 1 nitrogen and oxygen atoms in total. The SMILES string of the molecule is C[C@H]1CCC(C2=CCC(F)(F)CC2)=NC1. The molecule has 3 heteroatoms. The fourth-order valence-corrected chi connectivity index (χ4v) is 2.14. The van der Waals surface area contributed by atoms with Gasteiger partial charge < -0.3 is 0 Å². The topological polar surface area (TPSA) is 12.4 Å². The Balaban J connectivity index is 2.04. The molecule has 84 valence electrons. The first-order chi connectivity index (χ1) is 7.07. The molecule has 0 radical (unpaired) electrons. The molecule has 1 heterocycles. The van der Waals surface area contributed by atoms with Gasteiger partial charge in [-0.3, -0.25) is 4.99 Å². The second kappa shape index (κ2) is 4.03. The minimum absolute atomic E-state index is 0.00654. The molecule has 0 aromatic rings. The molecule has 0 amide bonds. The second-order valence-electron chi connectivity index (χ2n) is 4.72. The van der Waals surface area contributed by atoms with Crippen LogP contribution in [0.2, 0.25) is 0 Å². The van der Waals surface area contributed by atoms with Crippen molar-refractivity contribution in [3.8, 4) is 0 Å². The van der Waals surface area contributed by atoms with Gasteiger partial charge in [-0.2, -0.15) is 0 Å². The smallest absolute Gasteiger partial charge is 0.251 e. The lowest BCUT2D eigenvalue weighted by molar-refractivity contribution is -0.00796. The third kappa shape index (κ3) is 2.64. The molecule has 2 aliphatic rings. The first kappa shape index (κ1) is 10.8. The average Bonchev–Trinajstić information content (AvgIpc) is 2.20.